The molecule has 0 aromatic carbocycles. The van der Waals surface area contributed by atoms with Crippen molar-refractivity contribution in [2.45, 2.75) is 32.4 Å². The van der Waals surface area contributed by atoms with Crippen molar-refractivity contribution in [1.82, 2.24) is 15.1 Å². The number of halogens is 1. The van der Waals surface area contributed by atoms with Crippen molar-refractivity contribution in [2.75, 3.05) is 33.3 Å². The molecular formula is C22H34FN7O. The number of aliphatic hydroxyl groups excluding tert-OH is 1. The van der Waals surface area contributed by atoms with E-state index in [4.69, 9.17) is 11.1 Å². The lowest BCUT2D eigenvalue weighted by Crippen LogP contribution is -2.43. The zero-order valence-corrected chi connectivity index (χ0v) is 18.6. The molecule has 5 N–H and O–H groups in total. The van der Waals surface area contributed by atoms with Gasteiger partial charge in [-0.05, 0) is 37.8 Å². The number of hydrogen-bond acceptors (Lipinski definition) is 6. The summed E-state index contributed by atoms with van der Waals surface area (Å²) in [5.74, 6) is 0.0600. The normalized spacial score (nSPS) is 20.1. The number of alkyl halides is 1. The first-order valence-corrected chi connectivity index (χ1v) is 10.5. The lowest BCUT2D eigenvalue weighted by Gasteiger charge is -2.34. The summed E-state index contributed by atoms with van der Waals surface area (Å²) in [6.45, 7) is 5.32. The van der Waals surface area contributed by atoms with E-state index in [-0.39, 0.29) is 11.8 Å². The van der Waals surface area contributed by atoms with E-state index in [1.54, 1.807) is 13.3 Å². The molecule has 170 valence electrons. The topological polar surface area (TPSA) is 127 Å². The highest BCUT2D eigenvalue weighted by Gasteiger charge is 2.33. The number of aliphatic hydroxyl groups is 1. The Labute approximate surface area is 183 Å². The maximum atomic E-state index is 14.2. The maximum Gasteiger partial charge on any atom is 0.136 e. The van der Waals surface area contributed by atoms with Gasteiger partial charge in [0.05, 0.1) is 24.3 Å². The Morgan fingerprint density at radius 3 is 2.74 bits per heavy atom. The highest BCUT2D eigenvalue weighted by Crippen LogP contribution is 2.26. The van der Waals surface area contributed by atoms with Crippen LogP contribution in [0, 0.1) is 24.2 Å². The molecule has 8 nitrogen and oxygen atoms in total. The number of nitrogens with two attached hydrogens (primary N) is 1. The largest absolute Gasteiger partial charge is 0.393 e. The number of hydrogen-bond donors (Lipinski definition) is 4. The number of aromatic amines is 1. The fraction of sp³-hybridized carbons (Fsp3) is 0.545. The van der Waals surface area contributed by atoms with Crippen molar-refractivity contribution in [3.63, 3.8) is 0 Å². The van der Waals surface area contributed by atoms with Gasteiger partial charge < -0.3 is 21.2 Å². The molecule has 31 heavy (non-hydrogen) atoms. The summed E-state index contributed by atoms with van der Waals surface area (Å²) in [5, 5.41) is 24.2. The Bertz CT molecular complexity index is 835. The van der Waals surface area contributed by atoms with Gasteiger partial charge in [0.2, 0.25) is 0 Å². The van der Waals surface area contributed by atoms with Gasteiger partial charge in [0.15, 0.2) is 0 Å². The van der Waals surface area contributed by atoms with E-state index in [1.807, 2.05) is 32.1 Å². The number of allylic oxidation sites excluding steroid dienone is 1. The molecule has 0 spiro atoms. The molecule has 1 aromatic heterocycles. The minimum atomic E-state index is -1.46. The first kappa shape index (κ1) is 24.6. The van der Waals surface area contributed by atoms with E-state index >= 15 is 0 Å². The first-order chi connectivity index (χ1) is 14.9. The van der Waals surface area contributed by atoms with Crippen LogP contribution < -0.4 is 5.73 Å². The summed E-state index contributed by atoms with van der Waals surface area (Å²) < 4.78 is 14.2. The van der Waals surface area contributed by atoms with E-state index < -0.39 is 12.3 Å². The van der Waals surface area contributed by atoms with E-state index in [1.165, 1.54) is 12.6 Å². The lowest BCUT2D eigenvalue weighted by molar-refractivity contribution is 0.0117. The molecule has 0 radical (unpaired) electrons. The molecule has 1 saturated heterocycles. The van der Waals surface area contributed by atoms with Crippen LogP contribution in [0.15, 0.2) is 22.1 Å². The Kier molecular flexibility index (Phi) is 9.26. The highest BCUT2D eigenvalue weighted by atomic mass is 19.1. The van der Waals surface area contributed by atoms with Crippen LogP contribution in [-0.2, 0) is 0 Å². The van der Waals surface area contributed by atoms with Crippen LogP contribution in [0.1, 0.15) is 36.7 Å². The SMILES string of the molecule is CN=CC(C=N)C(C)/C=C\c1[nH]nc(/C(=C/CN2CCC(F)(CO)CC2)N=CN)c1C. The molecule has 2 rings (SSSR count). The molecule has 1 aliphatic rings. The van der Waals surface area contributed by atoms with Crippen molar-refractivity contribution in [2.24, 2.45) is 27.6 Å². The van der Waals surface area contributed by atoms with Gasteiger partial charge in [-0.25, -0.2) is 9.38 Å². The molecule has 2 heterocycles. The lowest BCUT2D eigenvalue weighted by atomic mass is 9.94. The standard InChI is InChI=1S/C22H34FN7O/c1-16(18(12-24)13-26-3)4-5-19-17(2)21(29-28-19)20(27-15-25)6-9-30-10-7-22(23,14-31)8-11-30/h4-6,12-13,15-16,18,24,31H,7-11,14H2,1-3H3,(H2,25,27)(H,28,29)/b5-4-,20-6-,24-12?,26-13?. The molecular weight excluding hydrogens is 397 g/mol. The van der Waals surface area contributed by atoms with Crippen molar-refractivity contribution >= 4 is 30.5 Å². The Morgan fingerprint density at radius 2 is 2.16 bits per heavy atom. The third kappa shape index (κ3) is 6.67. The number of H-pyrrole nitrogens is 1. The molecule has 1 aromatic rings. The van der Waals surface area contributed by atoms with E-state index in [0.29, 0.717) is 43.9 Å². The second-order valence-corrected chi connectivity index (χ2v) is 7.96. The Balaban J connectivity index is 2.12. The van der Waals surface area contributed by atoms with Gasteiger partial charge in [0, 0.05) is 50.6 Å². The quantitative estimate of drug-likeness (QED) is 0.335. The smallest absolute Gasteiger partial charge is 0.136 e. The van der Waals surface area contributed by atoms with Gasteiger partial charge in [0.1, 0.15) is 11.4 Å². The van der Waals surface area contributed by atoms with Crippen LogP contribution in [-0.4, -0.2) is 77.9 Å². The second kappa shape index (κ2) is 11.7. The molecule has 9 heteroatoms. The van der Waals surface area contributed by atoms with Crippen molar-refractivity contribution < 1.29 is 9.50 Å². The minimum absolute atomic E-state index is 0.0559. The van der Waals surface area contributed by atoms with E-state index in [9.17, 15) is 9.50 Å². The molecule has 1 fully saturated rings. The number of aromatic nitrogens is 2. The van der Waals surface area contributed by atoms with Gasteiger partial charge in [0.25, 0.3) is 0 Å². The zero-order chi connectivity index (χ0) is 22.9. The molecule has 0 aliphatic carbocycles. The summed E-state index contributed by atoms with van der Waals surface area (Å²) in [6, 6.07) is 0. The average molecular weight is 432 g/mol. The third-order valence-corrected chi connectivity index (χ3v) is 5.77. The summed E-state index contributed by atoms with van der Waals surface area (Å²) in [5.41, 5.74) is 7.25. The number of aliphatic imine (C=N–C) groups is 2. The zero-order valence-electron chi connectivity index (χ0n) is 18.6. The molecule has 0 bridgehead atoms. The van der Waals surface area contributed by atoms with Crippen LogP contribution in [0.25, 0.3) is 11.8 Å². The summed E-state index contributed by atoms with van der Waals surface area (Å²) in [7, 11) is 1.70. The van der Waals surface area contributed by atoms with Crippen LogP contribution >= 0.6 is 0 Å². The summed E-state index contributed by atoms with van der Waals surface area (Å²) in [6.07, 6.45) is 11.0. The first-order valence-electron chi connectivity index (χ1n) is 10.5. The van der Waals surface area contributed by atoms with Crippen molar-refractivity contribution in [3.05, 3.63) is 29.1 Å². The third-order valence-electron chi connectivity index (χ3n) is 5.77. The molecule has 1 aliphatic heterocycles. The number of rotatable bonds is 10. The predicted molar refractivity (Wildman–Crippen MR) is 125 cm³/mol. The second-order valence-electron chi connectivity index (χ2n) is 7.96. The van der Waals surface area contributed by atoms with Gasteiger partial charge >= 0.3 is 0 Å². The maximum absolute atomic E-state index is 14.2. The summed E-state index contributed by atoms with van der Waals surface area (Å²) in [4.78, 5) is 10.4. The Hall–Kier alpha value is -2.65. The van der Waals surface area contributed by atoms with Gasteiger partial charge in [-0.2, -0.15) is 5.10 Å². The van der Waals surface area contributed by atoms with E-state index in [0.717, 1.165) is 11.3 Å². The summed E-state index contributed by atoms with van der Waals surface area (Å²) >= 11 is 0. The van der Waals surface area contributed by atoms with Crippen LogP contribution in [0.4, 0.5) is 4.39 Å². The monoisotopic (exact) mass is 431 g/mol. The predicted octanol–water partition coefficient (Wildman–Crippen LogP) is 2.46. The fourth-order valence-electron chi connectivity index (χ4n) is 3.50. The fourth-order valence-corrected chi connectivity index (χ4v) is 3.50. The van der Waals surface area contributed by atoms with Crippen LogP contribution in [0.3, 0.4) is 0 Å². The van der Waals surface area contributed by atoms with Gasteiger partial charge in [-0.15, -0.1) is 0 Å². The highest BCUT2D eigenvalue weighted by molar-refractivity contribution is 5.82. The average Bonchev–Trinajstić information content (AvgIpc) is 3.14. The van der Waals surface area contributed by atoms with Crippen LogP contribution in [0.5, 0.6) is 0 Å². The number of likely N-dealkylation sites (tertiary alicyclic amines) is 1. The number of piperidine rings is 1. The van der Waals surface area contributed by atoms with Crippen molar-refractivity contribution in [1.29, 1.82) is 5.41 Å². The molecule has 0 amide bonds. The molecule has 2 atom stereocenters. The minimum Gasteiger partial charge on any atom is -0.393 e. The number of nitrogens with one attached hydrogen (secondary N) is 2. The van der Waals surface area contributed by atoms with Crippen molar-refractivity contribution in [3.8, 4) is 0 Å². The van der Waals surface area contributed by atoms with Gasteiger partial charge in [-0.1, -0.05) is 13.0 Å². The Morgan fingerprint density at radius 1 is 1.45 bits per heavy atom. The number of nitrogens with zero attached hydrogens (tertiary/aromatic N) is 4. The van der Waals surface area contributed by atoms with Gasteiger partial charge in [-0.3, -0.25) is 10.00 Å². The molecule has 0 saturated carbocycles. The van der Waals surface area contributed by atoms with E-state index in [2.05, 4.69) is 25.1 Å². The van der Waals surface area contributed by atoms with Crippen LogP contribution in [0.2, 0.25) is 0 Å². The molecule has 2 unspecified atom stereocenters.